The van der Waals surface area contributed by atoms with Crippen LogP contribution < -0.4 is 5.73 Å². The Bertz CT molecular complexity index is 963. The molecule has 1 saturated carbocycles. The van der Waals surface area contributed by atoms with Crippen molar-refractivity contribution in [3.8, 4) is 0 Å². The molecule has 2 N–H and O–H groups in total. The normalized spacial score (nSPS) is 21.6. The summed E-state index contributed by atoms with van der Waals surface area (Å²) in [7, 11) is 2.35. The Balaban J connectivity index is 1.49. The minimum atomic E-state index is -0.393. The quantitative estimate of drug-likeness (QED) is 0.596. The van der Waals surface area contributed by atoms with Gasteiger partial charge in [-0.15, -0.1) is 11.3 Å². The maximum absolute atomic E-state index is 12.8. The van der Waals surface area contributed by atoms with Crippen molar-refractivity contribution in [2.24, 2.45) is 11.7 Å². The molecule has 2 heterocycles. The van der Waals surface area contributed by atoms with E-state index in [2.05, 4.69) is 7.05 Å². The Kier molecular flexibility index (Phi) is 6.85. The molecule has 1 fully saturated rings. The van der Waals surface area contributed by atoms with Gasteiger partial charge in [0.25, 0.3) is 0 Å². The van der Waals surface area contributed by atoms with Gasteiger partial charge in [0, 0.05) is 35.1 Å². The summed E-state index contributed by atoms with van der Waals surface area (Å²) < 4.78 is 1.04. The zero-order chi connectivity index (χ0) is 22.0. The van der Waals surface area contributed by atoms with Crippen LogP contribution in [0.1, 0.15) is 63.3 Å². The van der Waals surface area contributed by atoms with Crippen molar-refractivity contribution in [3.63, 3.8) is 0 Å². The van der Waals surface area contributed by atoms with E-state index in [9.17, 15) is 9.59 Å². The van der Waals surface area contributed by atoms with Gasteiger partial charge >= 0.3 is 0 Å². The summed E-state index contributed by atoms with van der Waals surface area (Å²) in [6, 6.07) is 7.35. The number of likely N-dealkylation sites (N-methyl/N-ethyl adjacent to an activating group) is 1. The Labute approximate surface area is 194 Å². The van der Waals surface area contributed by atoms with Gasteiger partial charge in [-0.2, -0.15) is 0 Å². The number of quaternary nitrogens is 1. The molecule has 0 radical (unpaired) electrons. The third kappa shape index (κ3) is 5.39. The minimum absolute atomic E-state index is 0.0999. The van der Waals surface area contributed by atoms with Crippen molar-refractivity contribution in [3.05, 3.63) is 55.7 Å². The highest BCUT2D eigenvalue weighted by molar-refractivity contribution is 7.12. The molecule has 4 rings (SSSR count). The first-order valence-electron chi connectivity index (χ1n) is 11.4. The second kappa shape index (κ2) is 9.43. The lowest BCUT2D eigenvalue weighted by molar-refractivity contribution is -0.927. The fourth-order valence-electron chi connectivity index (χ4n) is 5.40. The molecule has 6 heteroatoms. The molecular weight excluding hydrogens is 428 g/mol. The summed E-state index contributed by atoms with van der Waals surface area (Å²) in [4.78, 5) is 27.2. The van der Waals surface area contributed by atoms with E-state index < -0.39 is 5.91 Å². The van der Waals surface area contributed by atoms with E-state index >= 15 is 0 Å². The van der Waals surface area contributed by atoms with Crippen molar-refractivity contribution in [2.45, 2.75) is 57.9 Å². The largest absolute Gasteiger partial charge is 0.366 e. The van der Waals surface area contributed by atoms with Crippen LogP contribution >= 0.6 is 22.9 Å². The summed E-state index contributed by atoms with van der Waals surface area (Å²) in [6.07, 6.45) is 8.28. The van der Waals surface area contributed by atoms with Crippen molar-refractivity contribution in [1.29, 1.82) is 0 Å². The molecule has 1 aliphatic carbocycles. The third-order valence-corrected chi connectivity index (χ3v) is 8.40. The Morgan fingerprint density at radius 1 is 1.13 bits per heavy atom. The lowest BCUT2D eigenvalue weighted by Gasteiger charge is -2.41. The van der Waals surface area contributed by atoms with Gasteiger partial charge < -0.3 is 10.2 Å². The molecule has 1 amide bonds. The SMILES string of the molecule is C[N+]1(CC2CCCCC2)CCc2c(sc(CC(=O)Cc3ccc(Cl)cc3)c2C(N)=O)C1. The zero-order valence-electron chi connectivity index (χ0n) is 18.3. The van der Waals surface area contributed by atoms with Gasteiger partial charge in [0.2, 0.25) is 5.91 Å². The molecule has 1 unspecified atom stereocenters. The fourth-order valence-corrected chi connectivity index (χ4v) is 7.09. The highest BCUT2D eigenvalue weighted by atomic mass is 35.5. The Morgan fingerprint density at radius 2 is 1.84 bits per heavy atom. The number of nitrogens with zero attached hydrogens (tertiary/aromatic N) is 1. The van der Waals surface area contributed by atoms with Crippen LogP contribution in [0.15, 0.2) is 24.3 Å². The molecular formula is C25H32ClN2O2S+. The number of fused-ring (bicyclic) bond motifs is 1. The number of thiophene rings is 1. The van der Waals surface area contributed by atoms with E-state index in [1.165, 1.54) is 43.5 Å². The standard InChI is InChI=1S/C25H31ClN2O2S/c1-28(15-18-5-3-2-4-6-18)12-11-21-23(16-28)31-22(24(21)25(27)30)14-20(29)13-17-7-9-19(26)10-8-17/h7-10,18H,2-6,11-16H2,1H3,(H-,27,30)/p+1. The third-order valence-electron chi connectivity index (χ3n) is 6.93. The number of hydrogen-bond donors (Lipinski definition) is 1. The minimum Gasteiger partial charge on any atom is -0.366 e. The topological polar surface area (TPSA) is 60.2 Å². The van der Waals surface area contributed by atoms with Crippen LogP contribution in [0.25, 0.3) is 0 Å². The number of nitrogens with two attached hydrogens (primary N) is 1. The lowest BCUT2D eigenvalue weighted by Crippen LogP contribution is -2.50. The maximum atomic E-state index is 12.8. The van der Waals surface area contributed by atoms with Crippen LogP contribution in [0.2, 0.25) is 5.02 Å². The highest BCUT2D eigenvalue weighted by Crippen LogP contribution is 2.37. The molecule has 1 aromatic heterocycles. The Morgan fingerprint density at radius 3 is 2.52 bits per heavy atom. The first kappa shape index (κ1) is 22.5. The monoisotopic (exact) mass is 459 g/mol. The van der Waals surface area contributed by atoms with E-state index in [-0.39, 0.29) is 12.2 Å². The molecule has 4 nitrogen and oxygen atoms in total. The summed E-state index contributed by atoms with van der Waals surface area (Å²) in [5.41, 5.74) is 8.44. The number of benzene rings is 1. The molecule has 2 aromatic rings. The second-order valence-corrected chi connectivity index (χ2v) is 11.2. The smallest absolute Gasteiger partial charge is 0.250 e. The molecule has 31 heavy (non-hydrogen) atoms. The van der Waals surface area contributed by atoms with E-state index in [4.69, 9.17) is 17.3 Å². The van der Waals surface area contributed by atoms with Crippen LogP contribution in [-0.2, 0) is 30.6 Å². The highest BCUT2D eigenvalue weighted by Gasteiger charge is 2.36. The van der Waals surface area contributed by atoms with Gasteiger partial charge in [-0.3, -0.25) is 9.59 Å². The number of primary amides is 1. The van der Waals surface area contributed by atoms with Gasteiger partial charge in [-0.25, -0.2) is 0 Å². The van der Waals surface area contributed by atoms with Crippen molar-refractivity contribution in [2.75, 3.05) is 20.1 Å². The van der Waals surface area contributed by atoms with Crippen molar-refractivity contribution < 1.29 is 14.1 Å². The van der Waals surface area contributed by atoms with Crippen LogP contribution in [0.4, 0.5) is 0 Å². The lowest BCUT2D eigenvalue weighted by atomic mass is 9.87. The molecule has 0 saturated heterocycles. The van der Waals surface area contributed by atoms with Gasteiger partial charge in [0.1, 0.15) is 12.3 Å². The molecule has 0 spiro atoms. The first-order valence-corrected chi connectivity index (χ1v) is 12.6. The molecule has 2 aliphatic rings. The van der Waals surface area contributed by atoms with Crippen LogP contribution in [-0.4, -0.2) is 36.3 Å². The summed E-state index contributed by atoms with van der Waals surface area (Å²) in [5.74, 6) is 0.523. The number of amides is 1. The van der Waals surface area contributed by atoms with Gasteiger partial charge in [-0.05, 0) is 36.1 Å². The molecule has 1 aromatic carbocycles. The first-order chi connectivity index (χ1) is 14.8. The zero-order valence-corrected chi connectivity index (χ0v) is 19.9. The predicted molar refractivity (Wildman–Crippen MR) is 127 cm³/mol. The summed E-state index contributed by atoms with van der Waals surface area (Å²) >= 11 is 7.58. The van der Waals surface area contributed by atoms with E-state index in [1.807, 2.05) is 12.1 Å². The van der Waals surface area contributed by atoms with E-state index in [1.54, 1.807) is 23.5 Å². The number of rotatable bonds is 7. The summed E-state index contributed by atoms with van der Waals surface area (Å²) in [5, 5.41) is 0.660. The maximum Gasteiger partial charge on any atom is 0.250 e. The summed E-state index contributed by atoms with van der Waals surface area (Å²) in [6.45, 7) is 3.20. The number of halogens is 1. The fraction of sp³-hybridized carbons (Fsp3) is 0.520. The van der Waals surface area contributed by atoms with Gasteiger partial charge in [0.05, 0.1) is 30.6 Å². The number of carbonyl (C=O) groups is 2. The average Bonchev–Trinajstić information content (AvgIpc) is 3.06. The van der Waals surface area contributed by atoms with Crippen molar-refractivity contribution in [1.82, 2.24) is 0 Å². The predicted octanol–water partition coefficient (Wildman–Crippen LogP) is 4.94. The number of Topliss-reactive ketones (excluding diaryl/α,β-unsaturated/α-hetero) is 1. The van der Waals surface area contributed by atoms with Gasteiger partial charge in [0.15, 0.2) is 0 Å². The number of carbonyl (C=O) groups excluding carboxylic acids is 2. The second-order valence-electron chi connectivity index (χ2n) is 9.62. The molecule has 1 aliphatic heterocycles. The van der Waals surface area contributed by atoms with Crippen LogP contribution in [0.5, 0.6) is 0 Å². The number of ketones is 1. The van der Waals surface area contributed by atoms with Crippen LogP contribution in [0, 0.1) is 5.92 Å². The number of hydrogen-bond acceptors (Lipinski definition) is 3. The molecule has 1 atom stereocenters. The van der Waals surface area contributed by atoms with E-state index in [0.717, 1.165) is 45.9 Å². The van der Waals surface area contributed by atoms with Gasteiger partial charge in [-0.1, -0.05) is 43.0 Å². The van der Waals surface area contributed by atoms with Crippen molar-refractivity contribution >= 4 is 34.6 Å². The van der Waals surface area contributed by atoms with E-state index in [0.29, 0.717) is 17.0 Å². The van der Waals surface area contributed by atoms with Crippen LogP contribution in [0.3, 0.4) is 0 Å². The molecule has 166 valence electrons. The molecule has 0 bridgehead atoms. The average molecular weight is 460 g/mol. The Hall–Kier alpha value is -1.69.